The maximum absolute atomic E-state index is 12.9. The summed E-state index contributed by atoms with van der Waals surface area (Å²) in [6.45, 7) is 9.60. The number of hydrogen-bond donors (Lipinski definition) is 1. The molecule has 0 atom stereocenters. The number of carbonyl (C=O) groups is 2. The molecule has 7 heteroatoms. The Morgan fingerprint density at radius 3 is 2.50 bits per heavy atom. The van der Waals surface area contributed by atoms with E-state index in [1.165, 1.54) is 16.2 Å². The van der Waals surface area contributed by atoms with Gasteiger partial charge < -0.3 is 10.2 Å². The lowest BCUT2D eigenvalue weighted by molar-refractivity contribution is -0.116. The van der Waals surface area contributed by atoms with E-state index in [2.05, 4.69) is 15.3 Å². The van der Waals surface area contributed by atoms with E-state index in [1.807, 2.05) is 52.8 Å². The SMILES string of the molecule is Cc1nc(C)c2c(C)c(C(=O)N(C)CC(=O)Nc3cccc(C)c3C)sc2n1. The van der Waals surface area contributed by atoms with Gasteiger partial charge in [0.15, 0.2) is 0 Å². The Balaban J connectivity index is 1.78. The summed E-state index contributed by atoms with van der Waals surface area (Å²) in [6, 6.07) is 5.76. The Bertz CT molecular complexity index is 1090. The van der Waals surface area contributed by atoms with Crippen LogP contribution in [0.15, 0.2) is 18.2 Å². The highest BCUT2D eigenvalue weighted by molar-refractivity contribution is 7.20. The van der Waals surface area contributed by atoms with Crippen LogP contribution in [0.4, 0.5) is 5.69 Å². The molecular weight excluding hydrogens is 372 g/mol. The first-order valence-electron chi connectivity index (χ1n) is 9.05. The summed E-state index contributed by atoms with van der Waals surface area (Å²) in [4.78, 5) is 37.1. The molecule has 1 aromatic carbocycles. The number of likely N-dealkylation sites (N-methyl/N-ethyl adjacent to an activating group) is 1. The number of nitrogens with one attached hydrogen (secondary N) is 1. The predicted molar refractivity (Wildman–Crippen MR) is 113 cm³/mol. The molecule has 0 bridgehead atoms. The quantitative estimate of drug-likeness (QED) is 0.725. The number of amides is 2. The minimum absolute atomic E-state index is 0.0242. The Morgan fingerprint density at radius 1 is 1.07 bits per heavy atom. The van der Waals surface area contributed by atoms with Crippen molar-refractivity contribution in [2.75, 3.05) is 18.9 Å². The number of nitrogens with zero attached hydrogens (tertiary/aromatic N) is 3. The fraction of sp³-hybridized carbons (Fsp3) is 0.333. The van der Waals surface area contributed by atoms with Gasteiger partial charge in [-0.05, 0) is 57.4 Å². The number of aromatic nitrogens is 2. The molecule has 0 saturated carbocycles. The third-order valence-electron chi connectivity index (χ3n) is 4.88. The van der Waals surface area contributed by atoms with Crippen LogP contribution in [-0.4, -0.2) is 40.3 Å². The van der Waals surface area contributed by atoms with Crippen LogP contribution >= 0.6 is 11.3 Å². The van der Waals surface area contributed by atoms with Gasteiger partial charge in [-0.25, -0.2) is 9.97 Å². The second-order valence-corrected chi connectivity index (χ2v) is 8.05. The van der Waals surface area contributed by atoms with Crippen molar-refractivity contribution in [2.45, 2.75) is 34.6 Å². The molecule has 0 aliphatic heterocycles. The van der Waals surface area contributed by atoms with E-state index >= 15 is 0 Å². The van der Waals surface area contributed by atoms with Crippen molar-refractivity contribution in [3.8, 4) is 0 Å². The predicted octanol–water partition coefficient (Wildman–Crippen LogP) is 3.94. The third kappa shape index (κ3) is 3.75. The second kappa shape index (κ2) is 7.67. The van der Waals surface area contributed by atoms with Crippen molar-refractivity contribution in [3.05, 3.63) is 51.3 Å². The smallest absolute Gasteiger partial charge is 0.264 e. The lowest BCUT2D eigenvalue weighted by Gasteiger charge is -2.17. The number of carbonyl (C=O) groups excluding carboxylic acids is 2. The summed E-state index contributed by atoms with van der Waals surface area (Å²) >= 11 is 1.35. The van der Waals surface area contributed by atoms with Gasteiger partial charge in [-0.3, -0.25) is 9.59 Å². The molecule has 0 radical (unpaired) electrons. The van der Waals surface area contributed by atoms with Gasteiger partial charge in [0.05, 0.1) is 11.4 Å². The fourth-order valence-electron chi connectivity index (χ4n) is 3.21. The maximum Gasteiger partial charge on any atom is 0.264 e. The van der Waals surface area contributed by atoms with Gasteiger partial charge in [-0.15, -0.1) is 11.3 Å². The minimum Gasteiger partial charge on any atom is -0.332 e. The van der Waals surface area contributed by atoms with Crippen LogP contribution in [0.3, 0.4) is 0 Å². The molecule has 0 unspecified atom stereocenters. The topological polar surface area (TPSA) is 75.2 Å². The molecule has 146 valence electrons. The maximum atomic E-state index is 12.9. The molecule has 0 aliphatic carbocycles. The number of thiophene rings is 1. The van der Waals surface area contributed by atoms with E-state index < -0.39 is 0 Å². The first-order chi connectivity index (χ1) is 13.2. The summed E-state index contributed by atoms with van der Waals surface area (Å²) in [6.07, 6.45) is 0. The van der Waals surface area contributed by atoms with Gasteiger partial charge in [0.25, 0.3) is 5.91 Å². The normalized spacial score (nSPS) is 10.9. The van der Waals surface area contributed by atoms with E-state index in [0.29, 0.717) is 10.7 Å². The zero-order valence-corrected chi connectivity index (χ0v) is 17.8. The number of aryl methyl sites for hydroxylation is 4. The number of anilines is 1. The standard InChI is InChI=1S/C21H24N4O2S/c1-11-8-7-9-16(12(11)2)24-17(26)10-25(6)21(27)19-13(3)18-14(4)22-15(5)23-20(18)28-19/h7-9H,10H2,1-6H3,(H,24,26). The number of rotatable bonds is 4. The molecule has 3 rings (SSSR count). The van der Waals surface area contributed by atoms with Gasteiger partial charge >= 0.3 is 0 Å². The average Bonchev–Trinajstić information content (AvgIpc) is 2.94. The summed E-state index contributed by atoms with van der Waals surface area (Å²) in [5.74, 6) is 0.273. The van der Waals surface area contributed by atoms with Gasteiger partial charge in [0, 0.05) is 23.8 Å². The Labute approximate surface area is 168 Å². The van der Waals surface area contributed by atoms with Crippen LogP contribution in [-0.2, 0) is 4.79 Å². The molecule has 0 aliphatic rings. The summed E-state index contributed by atoms with van der Waals surface area (Å²) in [5, 5.41) is 3.82. The average molecular weight is 397 g/mol. The van der Waals surface area contributed by atoms with Crippen LogP contribution in [0.5, 0.6) is 0 Å². The van der Waals surface area contributed by atoms with E-state index in [9.17, 15) is 9.59 Å². The zero-order valence-electron chi connectivity index (χ0n) is 17.0. The van der Waals surface area contributed by atoms with Crippen molar-refractivity contribution < 1.29 is 9.59 Å². The highest BCUT2D eigenvalue weighted by atomic mass is 32.1. The molecule has 1 N–H and O–H groups in total. The molecule has 0 spiro atoms. The number of hydrogen-bond acceptors (Lipinski definition) is 5. The summed E-state index contributed by atoms with van der Waals surface area (Å²) < 4.78 is 0. The van der Waals surface area contributed by atoms with Crippen molar-refractivity contribution in [1.82, 2.24) is 14.9 Å². The van der Waals surface area contributed by atoms with Crippen LogP contribution in [0.25, 0.3) is 10.2 Å². The van der Waals surface area contributed by atoms with E-state index in [1.54, 1.807) is 7.05 Å². The highest BCUT2D eigenvalue weighted by Gasteiger charge is 2.22. The van der Waals surface area contributed by atoms with Gasteiger partial charge in [-0.2, -0.15) is 0 Å². The van der Waals surface area contributed by atoms with Gasteiger partial charge in [0.2, 0.25) is 5.91 Å². The van der Waals surface area contributed by atoms with Gasteiger partial charge in [-0.1, -0.05) is 12.1 Å². The second-order valence-electron chi connectivity index (χ2n) is 7.05. The molecule has 6 nitrogen and oxygen atoms in total. The number of benzene rings is 1. The first kappa shape index (κ1) is 19.9. The monoisotopic (exact) mass is 396 g/mol. The largest absolute Gasteiger partial charge is 0.332 e. The fourth-order valence-corrected chi connectivity index (χ4v) is 4.49. The molecule has 3 aromatic rings. The van der Waals surface area contributed by atoms with Crippen LogP contribution in [0.1, 0.15) is 37.9 Å². The molecular formula is C21H24N4O2S. The third-order valence-corrected chi connectivity index (χ3v) is 6.06. The van der Waals surface area contributed by atoms with Crippen molar-refractivity contribution in [2.24, 2.45) is 0 Å². The lowest BCUT2D eigenvalue weighted by atomic mass is 10.1. The summed E-state index contributed by atoms with van der Waals surface area (Å²) in [5.41, 5.74) is 4.63. The summed E-state index contributed by atoms with van der Waals surface area (Å²) in [7, 11) is 1.64. The molecule has 2 amide bonds. The van der Waals surface area contributed by atoms with Gasteiger partial charge in [0.1, 0.15) is 10.7 Å². The highest BCUT2D eigenvalue weighted by Crippen LogP contribution is 2.32. The van der Waals surface area contributed by atoms with Crippen molar-refractivity contribution in [3.63, 3.8) is 0 Å². The van der Waals surface area contributed by atoms with E-state index in [4.69, 9.17) is 0 Å². The Hall–Kier alpha value is -2.80. The Kier molecular flexibility index (Phi) is 5.47. The van der Waals surface area contributed by atoms with Crippen LogP contribution in [0.2, 0.25) is 0 Å². The zero-order chi connectivity index (χ0) is 20.6. The lowest BCUT2D eigenvalue weighted by Crippen LogP contribution is -2.35. The first-order valence-corrected chi connectivity index (χ1v) is 9.86. The van der Waals surface area contributed by atoms with E-state index in [0.717, 1.165) is 38.3 Å². The van der Waals surface area contributed by atoms with Crippen LogP contribution < -0.4 is 5.32 Å². The van der Waals surface area contributed by atoms with E-state index in [-0.39, 0.29) is 18.4 Å². The molecule has 28 heavy (non-hydrogen) atoms. The van der Waals surface area contributed by atoms with Crippen molar-refractivity contribution in [1.29, 1.82) is 0 Å². The van der Waals surface area contributed by atoms with Crippen molar-refractivity contribution >= 4 is 39.1 Å². The molecule has 0 fully saturated rings. The number of fused-ring (bicyclic) bond motifs is 1. The Morgan fingerprint density at radius 2 is 1.79 bits per heavy atom. The van der Waals surface area contributed by atoms with Crippen LogP contribution in [0, 0.1) is 34.6 Å². The molecule has 2 aromatic heterocycles. The molecule has 2 heterocycles. The molecule has 0 saturated heterocycles. The minimum atomic E-state index is -0.227.